The van der Waals surface area contributed by atoms with Crippen LogP contribution in [0.2, 0.25) is 0 Å². The molecule has 1 aromatic rings. The van der Waals surface area contributed by atoms with Crippen LogP contribution < -0.4 is 10.5 Å². The second-order valence-corrected chi connectivity index (χ2v) is 6.53. The second kappa shape index (κ2) is 16.4. The summed E-state index contributed by atoms with van der Waals surface area (Å²) in [4.78, 5) is 0. The van der Waals surface area contributed by atoms with Crippen molar-refractivity contribution >= 4 is 5.69 Å². The molecule has 1 heterocycles. The summed E-state index contributed by atoms with van der Waals surface area (Å²) in [5, 5.41) is 0. The van der Waals surface area contributed by atoms with Crippen molar-refractivity contribution in [2.45, 2.75) is 25.6 Å². The van der Waals surface area contributed by atoms with Gasteiger partial charge < -0.3 is 38.9 Å². The normalized spacial score (nSPS) is 16.8. The van der Waals surface area contributed by atoms with Crippen molar-refractivity contribution in [1.82, 2.24) is 0 Å². The summed E-state index contributed by atoms with van der Waals surface area (Å²) in [6, 6.07) is 7.29. The monoisotopic (exact) mass is 413 g/mol. The third-order valence-corrected chi connectivity index (χ3v) is 4.16. The average molecular weight is 414 g/mol. The molecule has 1 fully saturated rings. The molecule has 0 saturated carbocycles. The first kappa shape index (κ1) is 23.9. The lowest BCUT2D eigenvalue weighted by atomic mass is 10.2. The van der Waals surface area contributed by atoms with E-state index in [-0.39, 0.29) is 6.29 Å². The summed E-state index contributed by atoms with van der Waals surface area (Å²) in [7, 11) is 0. The van der Waals surface area contributed by atoms with Crippen molar-refractivity contribution in [1.29, 1.82) is 0 Å². The highest BCUT2D eigenvalue weighted by molar-refractivity contribution is 5.41. The number of benzene rings is 1. The molecule has 8 heteroatoms. The Hall–Kier alpha value is -1.42. The van der Waals surface area contributed by atoms with Gasteiger partial charge in [0, 0.05) is 12.3 Å². The van der Waals surface area contributed by atoms with Gasteiger partial charge in [0.25, 0.3) is 0 Å². The molecule has 1 atom stereocenters. The Morgan fingerprint density at radius 1 is 0.724 bits per heavy atom. The minimum Gasteiger partial charge on any atom is -0.491 e. The molecule has 1 unspecified atom stereocenters. The molecule has 1 aromatic carbocycles. The van der Waals surface area contributed by atoms with E-state index in [2.05, 4.69) is 0 Å². The van der Waals surface area contributed by atoms with Gasteiger partial charge in [-0.1, -0.05) is 0 Å². The second-order valence-electron chi connectivity index (χ2n) is 6.53. The summed E-state index contributed by atoms with van der Waals surface area (Å²) in [6.07, 6.45) is 3.23. The molecule has 2 rings (SSSR count). The standard InChI is InChI=1S/C21H35NO7/c22-19-4-6-20(7-5-19)27-17-15-25-13-11-23-9-10-24-12-14-26-16-18-29-21-3-1-2-8-28-21/h4-7,21H,1-3,8-18,22H2. The molecule has 0 bridgehead atoms. The fourth-order valence-electron chi connectivity index (χ4n) is 2.63. The van der Waals surface area contributed by atoms with E-state index in [1.807, 2.05) is 12.1 Å². The van der Waals surface area contributed by atoms with Crippen LogP contribution in [0.1, 0.15) is 19.3 Å². The van der Waals surface area contributed by atoms with Gasteiger partial charge in [-0.15, -0.1) is 0 Å². The van der Waals surface area contributed by atoms with Crippen LogP contribution in [-0.4, -0.2) is 79.0 Å². The Bertz CT molecular complexity index is 494. The Kier molecular flexibility index (Phi) is 13.5. The van der Waals surface area contributed by atoms with Crippen LogP contribution in [0.15, 0.2) is 24.3 Å². The van der Waals surface area contributed by atoms with Gasteiger partial charge in [0.15, 0.2) is 6.29 Å². The molecule has 0 radical (unpaired) electrons. The molecular weight excluding hydrogens is 378 g/mol. The molecule has 2 N–H and O–H groups in total. The van der Waals surface area contributed by atoms with Gasteiger partial charge in [-0.25, -0.2) is 0 Å². The number of hydrogen-bond acceptors (Lipinski definition) is 8. The van der Waals surface area contributed by atoms with Gasteiger partial charge in [0.1, 0.15) is 12.4 Å². The summed E-state index contributed by atoms with van der Waals surface area (Å²) < 4.78 is 38.4. The SMILES string of the molecule is Nc1ccc(OCCOCCOCCOCCOCCOC2CCCCO2)cc1. The third kappa shape index (κ3) is 12.7. The molecule has 0 spiro atoms. The van der Waals surface area contributed by atoms with Gasteiger partial charge in [0.05, 0.1) is 59.5 Å². The van der Waals surface area contributed by atoms with Gasteiger partial charge in [-0.05, 0) is 43.5 Å². The zero-order valence-corrected chi connectivity index (χ0v) is 17.2. The first-order valence-electron chi connectivity index (χ1n) is 10.4. The van der Waals surface area contributed by atoms with Crippen molar-refractivity contribution in [2.75, 3.05) is 78.4 Å². The average Bonchev–Trinajstić information content (AvgIpc) is 2.75. The van der Waals surface area contributed by atoms with Crippen LogP contribution in [0.3, 0.4) is 0 Å². The molecule has 1 aliphatic heterocycles. The smallest absolute Gasteiger partial charge is 0.157 e. The number of hydrogen-bond donors (Lipinski definition) is 1. The van der Waals surface area contributed by atoms with Crippen molar-refractivity contribution in [3.8, 4) is 5.75 Å². The van der Waals surface area contributed by atoms with E-state index < -0.39 is 0 Å². The molecule has 1 saturated heterocycles. The Labute approximate surface area is 173 Å². The van der Waals surface area contributed by atoms with Crippen LogP contribution in [0.4, 0.5) is 5.69 Å². The maximum Gasteiger partial charge on any atom is 0.157 e. The summed E-state index contributed by atoms with van der Waals surface area (Å²) in [5.74, 6) is 0.783. The van der Waals surface area contributed by atoms with E-state index in [0.29, 0.717) is 66.1 Å². The highest BCUT2D eigenvalue weighted by Crippen LogP contribution is 2.13. The minimum atomic E-state index is -0.0546. The quantitative estimate of drug-likeness (QED) is 0.307. The van der Waals surface area contributed by atoms with E-state index in [1.165, 1.54) is 6.42 Å². The van der Waals surface area contributed by atoms with Crippen LogP contribution in [-0.2, 0) is 28.4 Å². The fourth-order valence-corrected chi connectivity index (χ4v) is 2.63. The van der Waals surface area contributed by atoms with Gasteiger partial charge >= 0.3 is 0 Å². The van der Waals surface area contributed by atoms with E-state index in [0.717, 1.165) is 30.9 Å². The van der Waals surface area contributed by atoms with Crippen molar-refractivity contribution in [2.24, 2.45) is 0 Å². The Morgan fingerprint density at radius 3 is 1.83 bits per heavy atom. The molecule has 1 aliphatic rings. The third-order valence-electron chi connectivity index (χ3n) is 4.16. The molecular formula is C21H35NO7. The lowest BCUT2D eigenvalue weighted by Crippen LogP contribution is -2.24. The number of rotatable bonds is 17. The van der Waals surface area contributed by atoms with Gasteiger partial charge in [-0.3, -0.25) is 0 Å². The van der Waals surface area contributed by atoms with Gasteiger partial charge in [-0.2, -0.15) is 0 Å². The van der Waals surface area contributed by atoms with Gasteiger partial charge in [0.2, 0.25) is 0 Å². The summed E-state index contributed by atoms with van der Waals surface area (Å²) in [5.41, 5.74) is 6.34. The predicted octanol–water partition coefficient (Wildman–Crippen LogP) is 2.26. The zero-order valence-electron chi connectivity index (χ0n) is 17.2. The molecule has 0 amide bonds. The molecule has 0 aromatic heterocycles. The molecule has 8 nitrogen and oxygen atoms in total. The summed E-state index contributed by atoms with van der Waals surface area (Å²) in [6.45, 7) is 6.13. The van der Waals surface area contributed by atoms with Crippen LogP contribution >= 0.6 is 0 Å². The molecule has 0 aliphatic carbocycles. The van der Waals surface area contributed by atoms with E-state index in [9.17, 15) is 0 Å². The lowest BCUT2D eigenvalue weighted by molar-refractivity contribution is -0.169. The van der Waals surface area contributed by atoms with E-state index in [4.69, 9.17) is 38.9 Å². The molecule has 29 heavy (non-hydrogen) atoms. The number of ether oxygens (including phenoxy) is 7. The van der Waals surface area contributed by atoms with Crippen LogP contribution in [0.5, 0.6) is 5.75 Å². The van der Waals surface area contributed by atoms with Crippen molar-refractivity contribution < 1.29 is 33.2 Å². The predicted molar refractivity (Wildman–Crippen MR) is 109 cm³/mol. The highest BCUT2D eigenvalue weighted by atomic mass is 16.7. The number of anilines is 1. The Balaban J connectivity index is 1.24. The molecule has 166 valence electrons. The maximum atomic E-state index is 5.62. The van der Waals surface area contributed by atoms with Crippen LogP contribution in [0, 0.1) is 0 Å². The van der Waals surface area contributed by atoms with Crippen molar-refractivity contribution in [3.05, 3.63) is 24.3 Å². The zero-order chi connectivity index (χ0) is 20.4. The largest absolute Gasteiger partial charge is 0.491 e. The van der Waals surface area contributed by atoms with E-state index >= 15 is 0 Å². The topological polar surface area (TPSA) is 90.6 Å². The number of nitrogens with two attached hydrogens (primary N) is 1. The Morgan fingerprint density at radius 2 is 1.28 bits per heavy atom. The minimum absolute atomic E-state index is 0.0546. The van der Waals surface area contributed by atoms with Crippen LogP contribution in [0.25, 0.3) is 0 Å². The highest BCUT2D eigenvalue weighted by Gasteiger charge is 2.13. The first-order valence-corrected chi connectivity index (χ1v) is 10.4. The summed E-state index contributed by atoms with van der Waals surface area (Å²) >= 11 is 0. The lowest BCUT2D eigenvalue weighted by Gasteiger charge is -2.22. The maximum absolute atomic E-state index is 5.62. The fraction of sp³-hybridized carbons (Fsp3) is 0.714. The first-order chi connectivity index (χ1) is 14.3. The van der Waals surface area contributed by atoms with Crippen molar-refractivity contribution in [3.63, 3.8) is 0 Å². The number of nitrogen functional groups attached to an aromatic ring is 1. The van der Waals surface area contributed by atoms with E-state index in [1.54, 1.807) is 12.1 Å².